The van der Waals surface area contributed by atoms with Gasteiger partial charge in [-0.3, -0.25) is 14.4 Å². The Morgan fingerprint density at radius 1 is 0.930 bits per heavy atom. The lowest BCUT2D eigenvalue weighted by molar-refractivity contribution is 0.0272. The molecule has 1 aliphatic heterocycles. The van der Waals surface area contributed by atoms with Crippen molar-refractivity contribution in [1.29, 1.82) is 0 Å². The molecule has 0 unspecified atom stereocenters. The summed E-state index contributed by atoms with van der Waals surface area (Å²) in [6.45, 7) is 5.98. The first-order valence-corrected chi connectivity index (χ1v) is 15.2. The van der Waals surface area contributed by atoms with Gasteiger partial charge in [0.15, 0.2) is 0 Å². The van der Waals surface area contributed by atoms with Gasteiger partial charge < -0.3 is 20.7 Å². The van der Waals surface area contributed by atoms with Gasteiger partial charge in [-0.05, 0) is 60.7 Å². The van der Waals surface area contributed by atoms with E-state index >= 15 is 0 Å². The molecule has 0 radical (unpaired) electrons. The number of benzene rings is 2. The molecule has 2 aromatic carbocycles. The number of rotatable bonds is 9. The van der Waals surface area contributed by atoms with Gasteiger partial charge in [-0.1, -0.05) is 42.5 Å². The number of aryl methyl sites for hydroxylation is 1. The lowest BCUT2D eigenvalue weighted by Crippen LogP contribution is -2.43. The number of carbonyl (C=O) groups excluding carboxylic acids is 1. The van der Waals surface area contributed by atoms with Crippen LogP contribution >= 0.6 is 0 Å². The number of carbonyl (C=O) groups is 1. The molecule has 1 saturated carbocycles. The number of likely N-dealkylation sites (N-methyl/N-ethyl adjacent to an activating group) is 1. The highest BCUT2D eigenvalue weighted by Crippen LogP contribution is 2.27. The van der Waals surface area contributed by atoms with Crippen LogP contribution in [0.4, 0.5) is 5.82 Å². The molecule has 224 valence electrons. The summed E-state index contributed by atoms with van der Waals surface area (Å²) in [6, 6.07) is 19.2. The van der Waals surface area contributed by atoms with E-state index in [1.165, 1.54) is 16.7 Å². The second-order valence-electron chi connectivity index (χ2n) is 11.9. The van der Waals surface area contributed by atoms with Crippen LogP contribution in [0.15, 0.2) is 73.2 Å². The molecule has 2 aromatic heterocycles. The van der Waals surface area contributed by atoms with Gasteiger partial charge in [0.2, 0.25) is 0 Å². The topological polar surface area (TPSA) is 102 Å². The molecule has 2 fully saturated rings. The molecule has 3 heterocycles. The van der Waals surface area contributed by atoms with Crippen molar-refractivity contribution in [2.45, 2.75) is 44.6 Å². The maximum absolute atomic E-state index is 13.2. The summed E-state index contributed by atoms with van der Waals surface area (Å²) in [5, 5.41) is 7.37. The lowest BCUT2D eigenvalue weighted by atomic mass is 10.0. The number of piperazine rings is 1. The molecule has 2 aliphatic rings. The number of nitrogens with two attached hydrogens (primary N) is 1. The van der Waals surface area contributed by atoms with Crippen LogP contribution in [-0.4, -0.2) is 75.8 Å². The first kappa shape index (κ1) is 29.0. The van der Waals surface area contributed by atoms with E-state index in [2.05, 4.69) is 80.8 Å². The van der Waals surface area contributed by atoms with E-state index in [1.54, 1.807) is 23.1 Å². The number of amides is 1. The van der Waals surface area contributed by atoms with Crippen LogP contribution in [0.5, 0.6) is 0 Å². The van der Waals surface area contributed by atoms with E-state index in [-0.39, 0.29) is 23.9 Å². The van der Waals surface area contributed by atoms with Gasteiger partial charge in [0, 0.05) is 63.3 Å². The summed E-state index contributed by atoms with van der Waals surface area (Å²) in [4.78, 5) is 22.4. The second kappa shape index (κ2) is 13.1. The lowest BCUT2D eigenvalue weighted by Gasteiger charge is -2.32. The summed E-state index contributed by atoms with van der Waals surface area (Å²) in [5.74, 6) is -0.0130. The van der Waals surface area contributed by atoms with Gasteiger partial charge in [0.25, 0.3) is 5.91 Å². The molecule has 6 rings (SSSR count). The third kappa shape index (κ3) is 7.13. The van der Waals surface area contributed by atoms with Crippen LogP contribution in [-0.2, 0) is 24.9 Å². The van der Waals surface area contributed by atoms with Crippen molar-refractivity contribution in [3.05, 3.63) is 89.9 Å². The Hall–Kier alpha value is -4.05. The number of pyridine rings is 1. The highest BCUT2D eigenvalue weighted by Gasteiger charge is 2.30. The fraction of sp³-hybridized carbons (Fsp3) is 0.382. The zero-order chi connectivity index (χ0) is 29.8. The predicted molar refractivity (Wildman–Crippen MR) is 169 cm³/mol. The van der Waals surface area contributed by atoms with E-state index in [0.717, 1.165) is 68.7 Å². The highest BCUT2D eigenvalue weighted by atomic mass is 16.5. The van der Waals surface area contributed by atoms with Gasteiger partial charge in [-0.15, -0.1) is 0 Å². The maximum atomic E-state index is 13.2. The van der Waals surface area contributed by atoms with Crippen LogP contribution < -0.4 is 11.1 Å². The van der Waals surface area contributed by atoms with E-state index in [1.807, 2.05) is 13.2 Å². The Bertz CT molecular complexity index is 1540. The third-order valence-corrected chi connectivity index (χ3v) is 8.65. The highest BCUT2D eigenvalue weighted by molar-refractivity contribution is 5.99. The van der Waals surface area contributed by atoms with E-state index < -0.39 is 0 Å². The molecule has 43 heavy (non-hydrogen) atoms. The second-order valence-corrected chi connectivity index (χ2v) is 11.9. The minimum Gasteiger partial charge on any atom is -0.383 e. The number of ether oxygens (including phenoxy) is 1. The molecule has 4 aromatic rings. The molecule has 0 spiro atoms. The average Bonchev–Trinajstić information content (AvgIpc) is 3.66. The summed E-state index contributed by atoms with van der Waals surface area (Å²) in [6.07, 6.45) is 8.03. The zero-order valence-corrected chi connectivity index (χ0v) is 25.1. The van der Waals surface area contributed by atoms with Crippen molar-refractivity contribution in [2.75, 3.05) is 39.0 Å². The zero-order valence-electron chi connectivity index (χ0n) is 25.1. The summed E-state index contributed by atoms with van der Waals surface area (Å²) < 4.78 is 8.06. The number of nitrogens with one attached hydrogen (secondary N) is 1. The van der Waals surface area contributed by atoms with E-state index in [0.29, 0.717) is 12.2 Å². The monoisotopic (exact) mass is 579 g/mol. The van der Waals surface area contributed by atoms with E-state index in [4.69, 9.17) is 10.5 Å². The summed E-state index contributed by atoms with van der Waals surface area (Å²) in [7, 11) is 4.04. The average molecular weight is 580 g/mol. The minimum absolute atomic E-state index is 0.0504. The third-order valence-electron chi connectivity index (χ3n) is 8.65. The van der Waals surface area contributed by atoms with Gasteiger partial charge in [0.1, 0.15) is 5.82 Å². The number of anilines is 1. The smallest absolute Gasteiger partial charge is 0.255 e. The van der Waals surface area contributed by atoms with E-state index in [9.17, 15) is 4.79 Å². The van der Waals surface area contributed by atoms with Gasteiger partial charge in [-0.25, -0.2) is 4.98 Å². The number of nitrogens with zero attached hydrogens (tertiary/aromatic N) is 5. The molecule has 1 saturated heterocycles. The van der Waals surface area contributed by atoms with Gasteiger partial charge in [0.05, 0.1) is 30.5 Å². The molecule has 0 bridgehead atoms. The van der Waals surface area contributed by atoms with Crippen LogP contribution in [0, 0.1) is 0 Å². The Morgan fingerprint density at radius 2 is 1.74 bits per heavy atom. The first-order valence-electron chi connectivity index (χ1n) is 15.2. The van der Waals surface area contributed by atoms with Crippen molar-refractivity contribution in [1.82, 2.24) is 29.9 Å². The van der Waals surface area contributed by atoms with Crippen molar-refractivity contribution in [3.8, 4) is 22.3 Å². The normalized spacial score (nSPS) is 19.5. The Balaban J connectivity index is 1.04. The first-order chi connectivity index (χ1) is 20.9. The fourth-order valence-electron chi connectivity index (χ4n) is 6.03. The predicted octanol–water partition coefficient (Wildman–Crippen LogP) is 4.35. The molecule has 9 heteroatoms. The molecule has 1 aliphatic carbocycles. The number of aromatic nitrogens is 3. The molecule has 2 atom stereocenters. The maximum Gasteiger partial charge on any atom is 0.255 e. The van der Waals surface area contributed by atoms with Crippen molar-refractivity contribution in [2.24, 2.45) is 7.05 Å². The number of hydrogen-bond donors (Lipinski definition) is 2. The molecule has 9 nitrogen and oxygen atoms in total. The van der Waals surface area contributed by atoms with Gasteiger partial charge in [-0.2, -0.15) is 5.10 Å². The van der Waals surface area contributed by atoms with Crippen LogP contribution in [0.2, 0.25) is 0 Å². The summed E-state index contributed by atoms with van der Waals surface area (Å²) >= 11 is 0. The quantitative estimate of drug-likeness (QED) is 0.304. The van der Waals surface area contributed by atoms with Gasteiger partial charge >= 0.3 is 0 Å². The Kier molecular flexibility index (Phi) is 8.83. The fourth-order valence-corrected chi connectivity index (χ4v) is 6.03. The standard InChI is InChI=1S/C34H41N7O2/c1-39-13-15-41(16-14-39)21-25-5-3-6-27(17-25)26-11-9-24(10-12-26)23-43-32-8-4-7-31(32)38-34(42)30-18-28(19-36-33(30)35)29-20-37-40(2)22-29/h3,5-6,9-12,17-20,22,31-32H,4,7-8,13-16,21,23H2,1-2H3,(H2,35,36)(H,38,42)/t31-,32-/m0/s1. The van der Waals surface area contributed by atoms with Crippen LogP contribution in [0.3, 0.4) is 0 Å². The Labute approximate surface area is 253 Å². The SMILES string of the molecule is CN1CCN(Cc2cccc(-c3ccc(CO[C@H]4CCC[C@@H]4NC(=O)c4cc(-c5cnn(C)c5)cnc4N)cc3)c2)CC1. The number of nitrogen functional groups attached to an aromatic ring is 1. The molecular weight excluding hydrogens is 538 g/mol. The largest absolute Gasteiger partial charge is 0.383 e. The van der Waals surface area contributed by atoms with Crippen LogP contribution in [0.25, 0.3) is 22.3 Å². The summed E-state index contributed by atoms with van der Waals surface area (Å²) in [5.41, 5.74) is 13.1. The van der Waals surface area contributed by atoms with Crippen molar-refractivity contribution >= 4 is 11.7 Å². The van der Waals surface area contributed by atoms with Crippen LogP contribution in [0.1, 0.15) is 40.7 Å². The molecule has 3 N–H and O–H groups in total. The minimum atomic E-state index is -0.226. The van der Waals surface area contributed by atoms with Crippen molar-refractivity contribution < 1.29 is 9.53 Å². The van der Waals surface area contributed by atoms with Crippen molar-refractivity contribution in [3.63, 3.8) is 0 Å². The molecular formula is C34H41N7O2. The Morgan fingerprint density at radius 3 is 2.51 bits per heavy atom. The number of hydrogen-bond acceptors (Lipinski definition) is 7. The molecule has 1 amide bonds.